The summed E-state index contributed by atoms with van der Waals surface area (Å²) in [5.74, 6) is -0.977. The quantitative estimate of drug-likeness (QED) is 0.478. The average molecular weight is 354 g/mol. The number of benzene rings is 1. The van der Waals surface area contributed by atoms with E-state index in [0.29, 0.717) is 15.6 Å². The van der Waals surface area contributed by atoms with Gasteiger partial charge in [-0.3, -0.25) is 0 Å². The molecule has 0 spiro atoms. The number of hydrogen-bond donors (Lipinski definition) is 1. The zero-order valence-electron chi connectivity index (χ0n) is 7.96. The van der Waals surface area contributed by atoms with E-state index in [1.165, 1.54) is 12.1 Å². The van der Waals surface area contributed by atoms with Gasteiger partial charge in [0.15, 0.2) is 0 Å². The number of esters is 1. The zero-order chi connectivity index (χ0) is 13.2. The van der Waals surface area contributed by atoms with E-state index in [0.717, 1.165) is 0 Å². The van der Waals surface area contributed by atoms with E-state index in [-0.39, 0.29) is 0 Å². The van der Waals surface area contributed by atoms with E-state index in [1.54, 1.807) is 6.07 Å². The molecule has 0 aromatic heterocycles. The summed E-state index contributed by atoms with van der Waals surface area (Å²) in [7, 11) is 0. The van der Waals surface area contributed by atoms with Gasteiger partial charge in [0.25, 0.3) is 3.67 Å². The Morgan fingerprint density at radius 1 is 1.29 bits per heavy atom. The van der Waals surface area contributed by atoms with Crippen molar-refractivity contribution in [3.63, 3.8) is 0 Å². The Hall–Kier alpha value is 0.490. The number of alkyl halides is 3. The van der Waals surface area contributed by atoms with Gasteiger partial charge in [-0.05, 0) is 12.1 Å². The maximum atomic E-state index is 11.3. The molecule has 94 valence electrons. The Balaban J connectivity index is 2.80. The molecule has 0 saturated carbocycles. The first-order chi connectivity index (χ1) is 7.71. The van der Waals surface area contributed by atoms with Crippen molar-refractivity contribution in [3.05, 3.63) is 33.8 Å². The van der Waals surface area contributed by atoms with Crippen LogP contribution in [0.15, 0.2) is 18.2 Å². The van der Waals surface area contributed by atoms with E-state index in [1.807, 2.05) is 0 Å². The summed E-state index contributed by atoms with van der Waals surface area (Å²) in [5, 5.41) is 0.656. The van der Waals surface area contributed by atoms with Crippen LogP contribution in [-0.2, 0) is 9.53 Å². The van der Waals surface area contributed by atoms with E-state index in [4.69, 9.17) is 62.7 Å². The van der Waals surface area contributed by atoms with Crippen molar-refractivity contribution in [3.8, 4) is 0 Å². The molecule has 0 radical (unpaired) electrons. The van der Waals surface area contributed by atoms with Crippen LogP contribution in [0.25, 0.3) is 0 Å². The van der Waals surface area contributed by atoms with Gasteiger partial charge in [0.2, 0.25) is 5.56 Å². The molecule has 0 heterocycles. The summed E-state index contributed by atoms with van der Waals surface area (Å²) < 4.78 is 2.83. The van der Waals surface area contributed by atoms with Crippen LogP contribution in [0.4, 0.5) is 0 Å². The van der Waals surface area contributed by atoms with E-state index >= 15 is 0 Å². The Morgan fingerprint density at radius 3 is 2.35 bits per heavy atom. The van der Waals surface area contributed by atoms with Gasteiger partial charge in [0, 0.05) is 5.56 Å². The second-order valence-electron chi connectivity index (χ2n) is 2.94. The molecule has 0 aliphatic carbocycles. The fraction of sp³-hybridized carbons (Fsp3) is 0.222. The topological polar surface area (TPSA) is 26.3 Å². The van der Waals surface area contributed by atoms with Crippen molar-refractivity contribution in [2.24, 2.45) is 0 Å². The molecule has 0 bridgehead atoms. The third-order valence-corrected chi connectivity index (χ3v) is 3.23. The molecule has 0 aliphatic rings. The molecule has 1 rings (SSSR count). The molecule has 1 unspecified atom stereocenters. The SMILES string of the molecule is O=C(OC(Cl)c1ccc(Cl)c(Cl)c1)C(S)(Cl)Cl. The second kappa shape index (κ2) is 6.09. The highest BCUT2D eigenvalue weighted by Gasteiger charge is 2.33. The smallest absolute Gasteiger partial charge is 0.354 e. The normalized spacial score (nSPS) is 13.3. The molecule has 0 N–H and O–H groups in total. The van der Waals surface area contributed by atoms with Gasteiger partial charge in [0.05, 0.1) is 10.0 Å². The van der Waals surface area contributed by atoms with Gasteiger partial charge in [-0.2, -0.15) is 0 Å². The van der Waals surface area contributed by atoms with E-state index < -0.39 is 15.2 Å². The average Bonchev–Trinajstić information content (AvgIpc) is 2.20. The Labute approximate surface area is 128 Å². The van der Waals surface area contributed by atoms with Gasteiger partial charge < -0.3 is 4.74 Å². The fourth-order valence-electron chi connectivity index (χ4n) is 0.886. The minimum absolute atomic E-state index is 0.291. The first-order valence-corrected chi connectivity index (χ1v) is 6.51. The second-order valence-corrected chi connectivity index (χ2v) is 6.67. The molecule has 0 saturated heterocycles. The maximum Gasteiger partial charge on any atom is 0.354 e. The predicted molar refractivity (Wildman–Crippen MR) is 74.6 cm³/mol. The Kier molecular flexibility index (Phi) is 5.57. The summed E-state index contributed by atoms with van der Waals surface area (Å²) in [4.78, 5) is 11.3. The number of halogens is 5. The minimum atomic E-state index is -1.95. The molecule has 8 heteroatoms. The van der Waals surface area contributed by atoms with Gasteiger partial charge >= 0.3 is 5.97 Å². The lowest BCUT2D eigenvalue weighted by molar-refractivity contribution is -0.144. The summed E-state index contributed by atoms with van der Waals surface area (Å²) >= 11 is 31.8. The van der Waals surface area contributed by atoms with Crippen molar-refractivity contribution in [2.45, 2.75) is 9.23 Å². The van der Waals surface area contributed by atoms with Crippen LogP contribution in [0.1, 0.15) is 11.1 Å². The predicted octanol–water partition coefficient (Wildman–Crippen LogP) is 4.84. The van der Waals surface area contributed by atoms with E-state index in [9.17, 15) is 4.79 Å². The third-order valence-electron chi connectivity index (χ3n) is 1.66. The Morgan fingerprint density at radius 2 is 1.88 bits per heavy atom. The van der Waals surface area contributed by atoms with Gasteiger partial charge in [0.1, 0.15) is 0 Å². The molecular formula is C9H5Cl5O2S. The van der Waals surface area contributed by atoms with Gasteiger partial charge in [-0.15, -0.1) is 12.6 Å². The molecule has 0 aliphatic heterocycles. The largest absolute Gasteiger partial charge is 0.439 e. The third kappa shape index (κ3) is 4.58. The number of carbonyl (C=O) groups excluding carboxylic acids is 1. The van der Waals surface area contributed by atoms with Crippen LogP contribution >= 0.6 is 70.6 Å². The molecule has 1 aromatic rings. The van der Waals surface area contributed by atoms with Gasteiger partial charge in [-0.25, -0.2) is 4.79 Å². The number of carbonyl (C=O) groups is 1. The standard InChI is InChI=1S/C9H5Cl5O2S/c10-5-2-1-4(3-6(5)11)7(12)16-8(15)9(13,14)17/h1-3,7,17H. The first-order valence-electron chi connectivity index (χ1n) is 4.12. The minimum Gasteiger partial charge on any atom is -0.439 e. The van der Waals surface area contributed by atoms with Crippen molar-refractivity contribution in [1.82, 2.24) is 0 Å². The van der Waals surface area contributed by atoms with E-state index in [2.05, 4.69) is 12.6 Å². The number of hydrogen-bond acceptors (Lipinski definition) is 3. The monoisotopic (exact) mass is 352 g/mol. The van der Waals surface area contributed by atoms with Crippen molar-refractivity contribution < 1.29 is 9.53 Å². The highest BCUT2D eigenvalue weighted by atomic mass is 35.5. The molecule has 0 fully saturated rings. The van der Waals surface area contributed by atoms with Crippen LogP contribution in [0.5, 0.6) is 0 Å². The lowest BCUT2D eigenvalue weighted by Gasteiger charge is -2.16. The molecule has 2 nitrogen and oxygen atoms in total. The fourth-order valence-corrected chi connectivity index (χ4v) is 1.55. The van der Waals surface area contributed by atoms with Crippen LogP contribution in [0, 0.1) is 0 Å². The number of thiol groups is 1. The summed E-state index contributed by atoms with van der Waals surface area (Å²) in [6.45, 7) is 0. The molecule has 1 atom stereocenters. The number of rotatable bonds is 3. The van der Waals surface area contributed by atoms with Gasteiger partial charge in [-0.1, -0.05) is 64.1 Å². The zero-order valence-corrected chi connectivity index (χ0v) is 12.6. The lowest BCUT2D eigenvalue weighted by atomic mass is 10.2. The summed E-state index contributed by atoms with van der Waals surface area (Å²) in [6, 6.07) is 4.55. The summed E-state index contributed by atoms with van der Waals surface area (Å²) in [5.41, 5.74) is -0.637. The van der Waals surface area contributed by atoms with Crippen molar-refractivity contribution >= 4 is 76.6 Å². The van der Waals surface area contributed by atoms with Crippen LogP contribution in [-0.4, -0.2) is 9.63 Å². The summed E-state index contributed by atoms with van der Waals surface area (Å²) in [6.07, 6.45) is 0. The molecule has 0 amide bonds. The highest BCUT2D eigenvalue weighted by molar-refractivity contribution is 7.86. The first kappa shape index (κ1) is 15.5. The highest BCUT2D eigenvalue weighted by Crippen LogP contribution is 2.33. The number of ether oxygens (including phenoxy) is 1. The van der Waals surface area contributed by atoms with Crippen LogP contribution < -0.4 is 0 Å². The maximum absolute atomic E-state index is 11.3. The van der Waals surface area contributed by atoms with Crippen LogP contribution in [0.2, 0.25) is 10.0 Å². The molecule has 1 aromatic carbocycles. The van der Waals surface area contributed by atoms with Crippen molar-refractivity contribution in [1.29, 1.82) is 0 Å². The molecular weight excluding hydrogens is 349 g/mol. The van der Waals surface area contributed by atoms with Crippen LogP contribution in [0.3, 0.4) is 0 Å². The lowest BCUT2D eigenvalue weighted by Crippen LogP contribution is -2.22. The van der Waals surface area contributed by atoms with Crippen molar-refractivity contribution in [2.75, 3.05) is 0 Å². The molecule has 17 heavy (non-hydrogen) atoms. The Bertz CT molecular complexity index is 432.